The van der Waals surface area contributed by atoms with Crippen LogP contribution in [0.1, 0.15) is 0 Å². The molecule has 0 saturated heterocycles. The molecular formula is C14H9N5O2S. The number of amides is 1. The SMILES string of the molecule is O=C1C=C(n2cc3cc(-c4cnccn4)ccc3n2)S(=O)N1. The number of carbonyl (C=O) groups excluding carboxylic acids is 1. The highest BCUT2D eigenvalue weighted by Gasteiger charge is 2.22. The first-order valence-electron chi connectivity index (χ1n) is 6.41. The second-order valence-electron chi connectivity index (χ2n) is 4.66. The van der Waals surface area contributed by atoms with Crippen LogP contribution in [-0.2, 0) is 15.8 Å². The van der Waals surface area contributed by atoms with Crippen LogP contribution < -0.4 is 4.72 Å². The fourth-order valence-corrected chi connectivity index (χ4v) is 3.06. The third kappa shape index (κ3) is 2.09. The van der Waals surface area contributed by atoms with Crippen molar-refractivity contribution in [2.24, 2.45) is 0 Å². The standard InChI is InChI=1S/C14H9N5O2S/c20-13-6-14(22(21)18-13)19-8-10-5-9(1-2-11(10)17-19)12-7-15-3-4-16-12/h1-8H,(H,18,20). The fraction of sp³-hybridized carbons (Fsp3) is 0. The highest BCUT2D eigenvalue weighted by molar-refractivity contribution is 7.93. The molecule has 1 aliphatic rings. The Kier molecular flexibility index (Phi) is 2.83. The lowest BCUT2D eigenvalue weighted by Gasteiger charge is -1.98. The Labute approximate surface area is 127 Å². The van der Waals surface area contributed by atoms with Crippen molar-refractivity contribution in [3.63, 3.8) is 0 Å². The third-order valence-electron chi connectivity index (χ3n) is 3.23. The van der Waals surface area contributed by atoms with Crippen molar-refractivity contribution in [3.8, 4) is 11.3 Å². The maximum absolute atomic E-state index is 11.8. The summed E-state index contributed by atoms with van der Waals surface area (Å²) in [4.78, 5) is 19.6. The van der Waals surface area contributed by atoms with Gasteiger partial charge in [-0.05, 0) is 12.1 Å². The molecular weight excluding hydrogens is 302 g/mol. The number of carbonyl (C=O) groups is 1. The van der Waals surface area contributed by atoms with E-state index < -0.39 is 11.0 Å². The maximum atomic E-state index is 11.8. The summed E-state index contributed by atoms with van der Waals surface area (Å²) in [5, 5.41) is 5.52. The molecule has 1 aliphatic heterocycles. The predicted molar refractivity (Wildman–Crippen MR) is 81.3 cm³/mol. The lowest BCUT2D eigenvalue weighted by Crippen LogP contribution is -2.17. The second kappa shape index (κ2) is 4.85. The van der Waals surface area contributed by atoms with Crippen LogP contribution in [0.5, 0.6) is 0 Å². The number of fused-ring (bicyclic) bond motifs is 1. The van der Waals surface area contributed by atoms with Crippen LogP contribution >= 0.6 is 0 Å². The summed E-state index contributed by atoms with van der Waals surface area (Å²) in [7, 11) is -1.57. The van der Waals surface area contributed by atoms with Gasteiger partial charge in [0.05, 0.1) is 17.4 Å². The molecule has 3 heterocycles. The van der Waals surface area contributed by atoms with E-state index >= 15 is 0 Å². The number of hydrogen-bond donors (Lipinski definition) is 1. The lowest BCUT2D eigenvalue weighted by atomic mass is 10.1. The Balaban J connectivity index is 1.81. The van der Waals surface area contributed by atoms with Crippen molar-refractivity contribution < 1.29 is 9.00 Å². The summed E-state index contributed by atoms with van der Waals surface area (Å²) >= 11 is 0. The van der Waals surface area contributed by atoms with Crippen molar-refractivity contribution in [1.82, 2.24) is 24.5 Å². The minimum absolute atomic E-state index is 0.322. The summed E-state index contributed by atoms with van der Waals surface area (Å²) in [6.45, 7) is 0. The van der Waals surface area contributed by atoms with Gasteiger partial charge in [0.2, 0.25) is 0 Å². The highest BCUT2D eigenvalue weighted by Crippen LogP contribution is 2.23. The van der Waals surface area contributed by atoms with E-state index in [0.29, 0.717) is 5.03 Å². The quantitative estimate of drug-likeness (QED) is 0.765. The van der Waals surface area contributed by atoms with Gasteiger partial charge in [0.1, 0.15) is 0 Å². The van der Waals surface area contributed by atoms with Gasteiger partial charge >= 0.3 is 0 Å². The molecule has 2 aromatic heterocycles. The fourth-order valence-electron chi connectivity index (χ4n) is 2.24. The Bertz CT molecular complexity index is 948. The summed E-state index contributed by atoms with van der Waals surface area (Å²) in [6.07, 6.45) is 7.95. The van der Waals surface area contributed by atoms with Gasteiger partial charge in [0.25, 0.3) is 5.91 Å². The Morgan fingerprint density at radius 3 is 2.86 bits per heavy atom. The maximum Gasteiger partial charge on any atom is 0.258 e. The minimum Gasteiger partial charge on any atom is -0.269 e. The van der Waals surface area contributed by atoms with Gasteiger partial charge < -0.3 is 0 Å². The van der Waals surface area contributed by atoms with E-state index in [1.807, 2.05) is 18.2 Å². The van der Waals surface area contributed by atoms with E-state index in [0.717, 1.165) is 22.2 Å². The molecule has 0 fully saturated rings. The van der Waals surface area contributed by atoms with E-state index in [2.05, 4.69) is 19.8 Å². The zero-order valence-corrected chi connectivity index (χ0v) is 11.9. The molecule has 8 heteroatoms. The average molecular weight is 311 g/mol. The van der Waals surface area contributed by atoms with Crippen molar-refractivity contribution in [2.75, 3.05) is 0 Å². The molecule has 4 rings (SSSR count). The number of aromatic nitrogens is 4. The summed E-state index contributed by atoms with van der Waals surface area (Å²) in [5.41, 5.74) is 2.42. The first-order chi connectivity index (χ1) is 10.7. The number of nitrogens with one attached hydrogen (secondary N) is 1. The molecule has 0 bridgehead atoms. The summed E-state index contributed by atoms with van der Waals surface area (Å²) in [5.74, 6) is -0.381. The van der Waals surface area contributed by atoms with Crippen LogP contribution in [0.2, 0.25) is 0 Å². The van der Waals surface area contributed by atoms with Crippen LogP contribution in [0.4, 0.5) is 0 Å². The number of benzene rings is 1. The van der Waals surface area contributed by atoms with E-state index in [1.165, 1.54) is 10.8 Å². The van der Waals surface area contributed by atoms with Crippen LogP contribution in [0.3, 0.4) is 0 Å². The Hall–Kier alpha value is -2.87. The van der Waals surface area contributed by atoms with Crippen LogP contribution in [-0.4, -0.2) is 29.9 Å². The van der Waals surface area contributed by atoms with E-state index in [9.17, 15) is 9.00 Å². The molecule has 108 valence electrons. The highest BCUT2D eigenvalue weighted by atomic mass is 32.2. The van der Waals surface area contributed by atoms with Gasteiger partial charge in [-0.15, -0.1) is 0 Å². The summed E-state index contributed by atoms with van der Waals surface area (Å²) < 4.78 is 15.5. The number of rotatable bonds is 2. The normalized spacial score (nSPS) is 17.5. The Morgan fingerprint density at radius 1 is 1.23 bits per heavy atom. The molecule has 3 aromatic rings. The van der Waals surface area contributed by atoms with Crippen molar-refractivity contribution >= 4 is 32.8 Å². The molecule has 0 aliphatic carbocycles. The zero-order chi connectivity index (χ0) is 15.1. The van der Waals surface area contributed by atoms with Crippen molar-refractivity contribution in [2.45, 2.75) is 0 Å². The molecule has 0 radical (unpaired) electrons. The molecule has 1 atom stereocenters. The molecule has 0 spiro atoms. The molecule has 1 amide bonds. The van der Waals surface area contributed by atoms with Crippen LogP contribution in [0, 0.1) is 0 Å². The largest absolute Gasteiger partial charge is 0.269 e. The summed E-state index contributed by atoms with van der Waals surface area (Å²) in [6, 6.07) is 5.67. The topological polar surface area (TPSA) is 89.8 Å². The lowest BCUT2D eigenvalue weighted by molar-refractivity contribution is -0.114. The van der Waals surface area contributed by atoms with Crippen LogP contribution in [0.25, 0.3) is 27.2 Å². The van der Waals surface area contributed by atoms with Gasteiger partial charge in [-0.2, -0.15) is 5.10 Å². The van der Waals surface area contributed by atoms with Crippen LogP contribution in [0.15, 0.2) is 49.1 Å². The van der Waals surface area contributed by atoms with Gasteiger partial charge in [-0.3, -0.25) is 19.5 Å². The second-order valence-corrected chi connectivity index (χ2v) is 5.82. The monoisotopic (exact) mass is 311 g/mol. The van der Waals surface area contributed by atoms with Gasteiger partial charge in [0, 0.05) is 35.6 Å². The minimum atomic E-state index is -1.57. The molecule has 1 unspecified atom stereocenters. The third-order valence-corrected chi connectivity index (χ3v) is 4.30. The van der Waals surface area contributed by atoms with E-state index in [1.54, 1.807) is 24.8 Å². The van der Waals surface area contributed by atoms with Crippen molar-refractivity contribution in [1.29, 1.82) is 0 Å². The number of nitrogens with zero attached hydrogens (tertiary/aromatic N) is 4. The molecule has 22 heavy (non-hydrogen) atoms. The van der Waals surface area contributed by atoms with Gasteiger partial charge in [0.15, 0.2) is 16.0 Å². The average Bonchev–Trinajstić information content (AvgIpc) is 3.09. The first-order valence-corrected chi connectivity index (χ1v) is 7.56. The van der Waals surface area contributed by atoms with Gasteiger partial charge in [-0.25, -0.2) is 8.89 Å². The number of hydrogen-bond acceptors (Lipinski definition) is 5. The first kappa shape index (κ1) is 12.8. The Morgan fingerprint density at radius 2 is 2.14 bits per heavy atom. The van der Waals surface area contributed by atoms with Gasteiger partial charge in [-0.1, -0.05) is 6.07 Å². The molecule has 1 aromatic carbocycles. The molecule has 1 N–H and O–H groups in total. The molecule has 7 nitrogen and oxygen atoms in total. The smallest absolute Gasteiger partial charge is 0.258 e. The van der Waals surface area contributed by atoms with E-state index in [4.69, 9.17) is 0 Å². The van der Waals surface area contributed by atoms with E-state index in [-0.39, 0.29) is 5.91 Å². The zero-order valence-electron chi connectivity index (χ0n) is 11.1. The molecule has 0 saturated carbocycles. The van der Waals surface area contributed by atoms with Crippen molar-refractivity contribution in [3.05, 3.63) is 49.1 Å². The predicted octanol–water partition coefficient (Wildman–Crippen LogP) is 1.09.